The summed E-state index contributed by atoms with van der Waals surface area (Å²) in [6.07, 6.45) is 8.16. The minimum Gasteiger partial charge on any atom is -0.376 e. The number of carbonyl (C=O) groups excluding carboxylic acids is 1. The Morgan fingerprint density at radius 3 is 2.38 bits per heavy atom. The van der Waals surface area contributed by atoms with Crippen LogP contribution in [-0.2, 0) is 19.6 Å². The van der Waals surface area contributed by atoms with Crippen LogP contribution >= 0.6 is 0 Å². The molecular formula is C22H32N2O4S. The Hall–Kier alpha value is -1.44. The quantitative estimate of drug-likeness (QED) is 0.736. The van der Waals surface area contributed by atoms with Crippen LogP contribution in [0.2, 0.25) is 0 Å². The highest BCUT2D eigenvalue weighted by Crippen LogP contribution is 2.36. The molecule has 0 radical (unpaired) electrons. The zero-order valence-corrected chi connectivity index (χ0v) is 17.9. The van der Waals surface area contributed by atoms with E-state index in [1.165, 1.54) is 11.8 Å². The number of hydrogen-bond acceptors (Lipinski definition) is 4. The highest BCUT2D eigenvalue weighted by molar-refractivity contribution is 7.88. The van der Waals surface area contributed by atoms with E-state index in [0.717, 1.165) is 38.5 Å². The third kappa shape index (κ3) is 5.38. The summed E-state index contributed by atoms with van der Waals surface area (Å²) in [7, 11) is -3.32. The lowest BCUT2D eigenvalue weighted by Gasteiger charge is -2.33. The molecule has 1 aromatic rings. The Labute approximate surface area is 174 Å². The Morgan fingerprint density at radius 2 is 1.76 bits per heavy atom. The summed E-state index contributed by atoms with van der Waals surface area (Å²) in [5.41, 5.74) is 1.40. The van der Waals surface area contributed by atoms with E-state index in [4.69, 9.17) is 4.74 Å². The number of likely N-dealkylation sites (tertiary alicyclic amines) is 1. The van der Waals surface area contributed by atoms with Gasteiger partial charge in [-0.25, -0.2) is 13.1 Å². The van der Waals surface area contributed by atoms with Crippen LogP contribution in [0.15, 0.2) is 30.3 Å². The molecular weight excluding hydrogens is 388 g/mol. The summed E-state index contributed by atoms with van der Waals surface area (Å²) in [5, 5.41) is 0. The van der Waals surface area contributed by atoms with E-state index in [1.807, 2.05) is 4.90 Å². The summed E-state index contributed by atoms with van der Waals surface area (Å²) >= 11 is 0. The molecule has 1 N–H and O–H groups in total. The van der Waals surface area contributed by atoms with Crippen molar-refractivity contribution in [2.75, 3.05) is 19.4 Å². The summed E-state index contributed by atoms with van der Waals surface area (Å²) in [5.74, 6) is 0.898. The molecule has 29 heavy (non-hydrogen) atoms. The van der Waals surface area contributed by atoms with Crippen LogP contribution < -0.4 is 4.72 Å². The van der Waals surface area contributed by atoms with Gasteiger partial charge in [-0.1, -0.05) is 30.3 Å². The molecule has 0 aromatic heterocycles. The monoisotopic (exact) mass is 420 g/mol. The van der Waals surface area contributed by atoms with E-state index < -0.39 is 10.0 Å². The number of sulfonamides is 1. The van der Waals surface area contributed by atoms with Crippen LogP contribution in [0.1, 0.15) is 56.4 Å². The van der Waals surface area contributed by atoms with Crippen LogP contribution in [0.5, 0.6) is 0 Å². The van der Waals surface area contributed by atoms with Crippen molar-refractivity contribution in [2.24, 2.45) is 5.92 Å². The molecule has 0 bridgehead atoms. The smallest absolute Gasteiger partial charge is 0.226 e. The van der Waals surface area contributed by atoms with Crippen LogP contribution in [0.25, 0.3) is 0 Å². The zero-order valence-electron chi connectivity index (χ0n) is 17.1. The largest absolute Gasteiger partial charge is 0.376 e. The molecule has 0 spiro atoms. The highest BCUT2D eigenvalue weighted by atomic mass is 32.2. The number of amides is 1. The van der Waals surface area contributed by atoms with E-state index in [-0.39, 0.29) is 30.0 Å². The molecule has 3 fully saturated rings. The van der Waals surface area contributed by atoms with Crippen molar-refractivity contribution >= 4 is 15.9 Å². The van der Waals surface area contributed by atoms with Crippen molar-refractivity contribution in [3.05, 3.63) is 35.9 Å². The minimum absolute atomic E-state index is 0.135. The second kappa shape index (κ2) is 8.74. The standard InChI is InChI=1S/C22H32N2O4S/c1-29(26,27)23-20-13-14-24(22(25)18-7-8-18)21(20)15-28-19-11-9-17(10-12-19)16-5-3-2-4-6-16/h2-6,17-21,23H,7-15H2,1H3/t17-,19+,20-,21-/m0/s1. The van der Waals surface area contributed by atoms with Crippen molar-refractivity contribution in [3.8, 4) is 0 Å². The Bertz CT molecular complexity index is 801. The molecule has 1 heterocycles. The number of hydrogen-bond donors (Lipinski definition) is 1. The van der Waals surface area contributed by atoms with Gasteiger partial charge in [0.15, 0.2) is 0 Å². The Kier molecular flexibility index (Phi) is 6.27. The van der Waals surface area contributed by atoms with E-state index in [0.29, 0.717) is 25.5 Å². The average Bonchev–Trinajstić information content (AvgIpc) is 3.48. The van der Waals surface area contributed by atoms with Crippen LogP contribution in [0.4, 0.5) is 0 Å². The van der Waals surface area contributed by atoms with Gasteiger partial charge in [0, 0.05) is 18.5 Å². The number of nitrogens with zero attached hydrogens (tertiary/aromatic N) is 1. The molecule has 1 aromatic carbocycles. The fourth-order valence-electron chi connectivity index (χ4n) is 4.83. The summed E-state index contributed by atoms with van der Waals surface area (Å²) in [6, 6.07) is 10.2. The molecule has 6 nitrogen and oxygen atoms in total. The molecule has 160 valence electrons. The Balaban J connectivity index is 1.33. The number of carbonyl (C=O) groups is 1. The predicted octanol–water partition coefficient (Wildman–Crippen LogP) is 2.66. The second-order valence-electron chi connectivity index (χ2n) is 8.88. The van der Waals surface area contributed by atoms with Crippen molar-refractivity contribution in [1.82, 2.24) is 9.62 Å². The predicted molar refractivity (Wildman–Crippen MR) is 112 cm³/mol. The topological polar surface area (TPSA) is 75.7 Å². The Morgan fingerprint density at radius 1 is 1.07 bits per heavy atom. The summed E-state index contributed by atoms with van der Waals surface area (Å²) in [6.45, 7) is 1.02. The zero-order chi connectivity index (χ0) is 20.4. The summed E-state index contributed by atoms with van der Waals surface area (Å²) < 4.78 is 32.5. The second-order valence-corrected chi connectivity index (χ2v) is 10.7. The molecule has 4 rings (SSSR count). The van der Waals surface area contributed by atoms with Gasteiger partial charge >= 0.3 is 0 Å². The van der Waals surface area contributed by atoms with Crippen LogP contribution in [0, 0.1) is 5.92 Å². The number of benzene rings is 1. The molecule has 1 amide bonds. The molecule has 7 heteroatoms. The van der Waals surface area contributed by atoms with Crippen molar-refractivity contribution in [1.29, 1.82) is 0 Å². The van der Waals surface area contributed by atoms with Gasteiger partial charge < -0.3 is 9.64 Å². The lowest BCUT2D eigenvalue weighted by Crippen LogP contribution is -2.49. The van der Waals surface area contributed by atoms with Crippen LogP contribution in [0.3, 0.4) is 0 Å². The molecule has 2 atom stereocenters. The van der Waals surface area contributed by atoms with E-state index in [1.54, 1.807) is 0 Å². The van der Waals surface area contributed by atoms with Crippen LogP contribution in [-0.4, -0.2) is 56.8 Å². The van der Waals surface area contributed by atoms with E-state index in [2.05, 4.69) is 35.1 Å². The number of rotatable bonds is 7. The first-order valence-electron chi connectivity index (χ1n) is 10.8. The SMILES string of the molecule is CS(=O)(=O)N[C@H]1CCN(C(=O)C2CC2)[C@H]1CO[C@H]1CC[C@@H](c2ccccc2)CC1. The van der Waals surface area contributed by atoms with E-state index in [9.17, 15) is 13.2 Å². The third-order valence-electron chi connectivity index (χ3n) is 6.57. The molecule has 1 saturated heterocycles. The van der Waals surface area contributed by atoms with Gasteiger partial charge in [-0.05, 0) is 56.4 Å². The highest BCUT2D eigenvalue weighted by Gasteiger charge is 2.43. The van der Waals surface area contributed by atoms with Crippen molar-refractivity contribution < 1.29 is 17.9 Å². The average molecular weight is 421 g/mol. The maximum absolute atomic E-state index is 12.7. The fraction of sp³-hybridized carbons (Fsp3) is 0.682. The molecule has 2 saturated carbocycles. The summed E-state index contributed by atoms with van der Waals surface area (Å²) in [4.78, 5) is 14.5. The molecule has 1 aliphatic heterocycles. The first-order valence-corrected chi connectivity index (χ1v) is 12.7. The first-order chi connectivity index (χ1) is 13.9. The third-order valence-corrected chi connectivity index (χ3v) is 7.30. The minimum atomic E-state index is -3.32. The molecule has 2 aliphatic carbocycles. The van der Waals surface area contributed by atoms with E-state index >= 15 is 0 Å². The number of ether oxygens (including phenoxy) is 1. The van der Waals surface area contributed by atoms with Gasteiger partial charge in [0.2, 0.25) is 15.9 Å². The van der Waals surface area contributed by atoms with Gasteiger partial charge in [-0.15, -0.1) is 0 Å². The maximum atomic E-state index is 12.7. The fourth-order valence-corrected chi connectivity index (χ4v) is 5.66. The normalized spacial score (nSPS) is 30.4. The maximum Gasteiger partial charge on any atom is 0.226 e. The first kappa shape index (κ1) is 20.8. The number of nitrogens with one attached hydrogen (secondary N) is 1. The van der Waals surface area contributed by atoms with Gasteiger partial charge in [0.1, 0.15) is 0 Å². The molecule has 3 aliphatic rings. The van der Waals surface area contributed by atoms with Gasteiger partial charge in [0.05, 0.1) is 25.0 Å². The van der Waals surface area contributed by atoms with Gasteiger partial charge in [-0.2, -0.15) is 0 Å². The molecule has 0 unspecified atom stereocenters. The lowest BCUT2D eigenvalue weighted by atomic mass is 9.83. The van der Waals surface area contributed by atoms with Gasteiger partial charge in [-0.3, -0.25) is 4.79 Å². The lowest BCUT2D eigenvalue weighted by molar-refractivity contribution is -0.135. The van der Waals surface area contributed by atoms with Crippen molar-refractivity contribution in [2.45, 2.75) is 69.1 Å². The van der Waals surface area contributed by atoms with Crippen molar-refractivity contribution in [3.63, 3.8) is 0 Å². The van der Waals surface area contributed by atoms with Gasteiger partial charge in [0.25, 0.3) is 0 Å².